The monoisotopic (exact) mass is 303 g/mol. The van der Waals surface area contributed by atoms with Crippen molar-refractivity contribution in [3.8, 4) is 5.75 Å². The Bertz CT molecular complexity index is 546. The Labute approximate surface area is 116 Å². The number of amides is 1. The van der Waals surface area contributed by atoms with Gasteiger partial charge in [-0.2, -0.15) is 0 Å². The topological polar surface area (TPSA) is 63.7 Å². The predicted octanol–water partition coefficient (Wildman–Crippen LogP) is 1.23. The number of ether oxygens (including phenoxy) is 1. The first-order chi connectivity index (χ1) is 8.97. The van der Waals surface area contributed by atoms with E-state index in [4.69, 9.17) is 15.4 Å². The van der Waals surface area contributed by atoms with Crippen LogP contribution in [0.5, 0.6) is 5.75 Å². The SMILES string of the molecule is O=C1CC(S(=O)(=O)Cl)CN1CCOc1ccccc1. The lowest BCUT2D eigenvalue weighted by molar-refractivity contribution is -0.128. The van der Waals surface area contributed by atoms with Gasteiger partial charge in [0, 0.05) is 23.6 Å². The Morgan fingerprint density at radius 3 is 2.58 bits per heavy atom. The maximum Gasteiger partial charge on any atom is 0.237 e. The van der Waals surface area contributed by atoms with Crippen LogP contribution in [0.15, 0.2) is 30.3 Å². The summed E-state index contributed by atoms with van der Waals surface area (Å²) in [5.74, 6) is 0.515. The fourth-order valence-corrected chi connectivity index (χ4v) is 2.99. The van der Waals surface area contributed by atoms with Crippen LogP contribution in [0.1, 0.15) is 6.42 Å². The van der Waals surface area contributed by atoms with Gasteiger partial charge in [0.25, 0.3) is 0 Å². The Morgan fingerprint density at radius 1 is 1.32 bits per heavy atom. The molecule has 1 heterocycles. The van der Waals surface area contributed by atoms with Crippen molar-refractivity contribution in [1.82, 2.24) is 4.90 Å². The zero-order valence-electron chi connectivity index (χ0n) is 10.2. The third-order valence-corrected chi connectivity index (χ3v) is 4.82. The van der Waals surface area contributed by atoms with Crippen LogP contribution in [0, 0.1) is 0 Å². The van der Waals surface area contributed by atoms with E-state index < -0.39 is 14.3 Å². The predicted molar refractivity (Wildman–Crippen MR) is 71.7 cm³/mol. The minimum absolute atomic E-state index is 0.0445. The molecule has 1 unspecified atom stereocenters. The average molecular weight is 304 g/mol. The molecule has 1 atom stereocenters. The van der Waals surface area contributed by atoms with Crippen molar-refractivity contribution in [2.45, 2.75) is 11.7 Å². The molecule has 7 heteroatoms. The fraction of sp³-hybridized carbons (Fsp3) is 0.417. The van der Waals surface area contributed by atoms with Crippen molar-refractivity contribution >= 4 is 25.6 Å². The normalized spacial score (nSPS) is 19.7. The van der Waals surface area contributed by atoms with Crippen LogP contribution >= 0.6 is 10.7 Å². The summed E-state index contributed by atoms with van der Waals surface area (Å²) < 4.78 is 27.8. The maximum atomic E-state index is 11.6. The molecule has 1 aromatic rings. The van der Waals surface area contributed by atoms with E-state index in [1.165, 1.54) is 4.90 Å². The van der Waals surface area contributed by atoms with Crippen molar-refractivity contribution in [3.05, 3.63) is 30.3 Å². The highest BCUT2D eigenvalue weighted by molar-refractivity contribution is 8.14. The van der Waals surface area contributed by atoms with Gasteiger partial charge in [0.1, 0.15) is 17.6 Å². The summed E-state index contributed by atoms with van der Waals surface area (Å²) in [5.41, 5.74) is 0. The Hall–Kier alpha value is -1.27. The van der Waals surface area contributed by atoms with Crippen LogP contribution in [0.3, 0.4) is 0 Å². The number of rotatable bonds is 5. The van der Waals surface area contributed by atoms with Crippen molar-refractivity contribution < 1.29 is 17.9 Å². The second-order valence-electron chi connectivity index (χ2n) is 4.30. The molecule has 0 N–H and O–H groups in total. The first-order valence-corrected chi connectivity index (χ1v) is 8.23. The number of carbonyl (C=O) groups is 1. The minimum Gasteiger partial charge on any atom is -0.492 e. The molecule has 19 heavy (non-hydrogen) atoms. The highest BCUT2D eigenvalue weighted by Gasteiger charge is 2.36. The molecular weight excluding hydrogens is 290 g/mol. The highest BCUT2D eigenvalue weighted by atomic mass is 35.7. The molecule has 1 aliphatic heterocycles. The molecule has 2 rings (SSSR count). The average Bonchev–Trinajstić information content (AvgIpc) is 2.72. The highest BCUT2D eigenvalue weighted by Crippen LogP contribution is 2.21. The standard InChI is InChI=1S/C12H14ClNO4S/c13-19(16,17)11-8-12(15)14(9-11)6-7-18-10-4-2-1-3-5-10/h1-5,11H,6-9H2. The molecule has 1 amide bonds. The van der Waals surface area contributed by atoms with Crippen molar-refractivity contribution in [1.29, 1.82) is 0 Å². The van der Waals surface area contributed by atoms with E-state index in [1.54, 1.807) is 0 Å². The summed E-state index contributed by atoms with van der Waals surface area (Å²) in [4.78, 5) is 13.1. The van der Waals surface area contributed by atoms with Gasteiger partial charge < -0.3 is 9.64 Å². The molecular formula is C12H14ClNO4S. The summed E-state index contributed by atoms with van der Waals surface area (Å²) in [6, 6.07) is 9.22. The molecule has 0 aromatic heterocycles. The molecule has 0 radical (unpaired) electrons. The molecule has 104 valence electrons. The van der Waals surface area contributed by atoms with Crippen LogP contribution in [-0.4, -0.2) is 44.2 Å². The second-order valence-corrected chi connectivity index (χ2v) is 7.21. The molecule has 1 aliphatic rings. The van der Waals surface area contributed by atoms with Crippen LogP contribution in [-0.2, 0) is 13.8 Å². The summed E-state index contributed by atoms with van der Waals surface area (Å²) in [6.45, 7) is 0.824. The van der Waals surface area contributed by atoms with E-state index in [-0.39, 0.29) is 18.9 Å². The molecule has 0 aliphatic carbocycles. The molecule has 1 aromatic carbocycles. The number of hydrogen-bond donors (Lipinski definition) is 0. The Morgan fingerprint density at radius 2 is 2.00 bits per heavy atom. The first kappa shape index (κ1) is 14.1. The van der Waals surface area contributed by atoms with Crippen molar-refractivity contribution in [2.75, 3.05) is 19.7 Å². The van der Waals surface area contributed by atoms with Crippen LogP contribution in [0.4, 0.5) is 0 Å². The lowest BCUT2D eigenvalue weighted by Crippen LogP contribution is -2.31. The summed E-state index contributed by atoms with van der Waals surface area (Å²) in [7, 11) is 1.59. The molecule has 0 spiro atoms. The van der Waals surface area contributed by atoms with Gasteiger partial charge >= 0.3 is 0 Å². The zero-order chi connectivity index (χ0) is 13.9. The second kappa shape index (κ2) is 5.79. The van der Waals surface area contributed by atoms with Gasteiger partial charge in [-0.05, 0) is 12.1 Å². The van der Waals surface area contributed by atoms with Crippen LogP contribution < -0.4 is 4.74 Å². The number of likely N-dealkylation sites (tertiary alicyclic amines) is 1. The van der Waals surface area contributed by atoms with E-state index in [0.717, 1.165) is 5.75 Å². The zero-order valence-corrected chi connectivity index (χ0v) is 11.7. The van der Waals surface area contributed by atoms with Gasteiger partial charge in [-0.15, -0.1) is 0 Å². The third kappa shape index (κ3) is 3.84. The van der Waals surface area contributed by atoms with Crippen molar-refractivity contribution in [3.63, 3.8) is 0 Å². The van der Waals surface area contributed by atoms with E-state index in [2.05, 4.69) is 0 Å². The first-order valence-electron chi connectivity index (χ1n) is 5.86. The quantitative estimate of drug-likeness (QED) is 0.768. The van der Waals surface area contributed by atoms with Gasteiger partial charge in [0.15, 0.2) is 0 Å². The molecule has 0 bridgehead atoms. The third-order valence-electron chi connectivity index (χ3n) is 2.95. The largest absolute Gasteiger partial charge is 0.492 e. The minimum atomic E-state index is -3.68. The molecule has 1 saturated heterocycles. The number of benzene rings is 1. The van der Waals surface area contributed by atoms with E-state index in [0.29, 0.717) is 13.2 Å². The lowest BCUT2D eigenvalue weighted by atomic mass is 10.3. The Kier molecular flexibility index (Phi) is 4.31. The maximum absolute atomic E-state index is 11.6. The summed E-state index contributed by atoms with van der Waals surface area (Å²) in [5, 5.41) is -0.807. The molecule has 5 nitrogen and oxygen atoms in total. The summed E-state index contributed by atoms with van der Waals surface area (Å²) >= 11 is 0. The van der Waals surface area contributed by atoms with Gasteiger partial charge in [-0.3, -0.25) is 4.79 Å². The van der Waals surface area contributed by atoms with Gasteiger partial charge in [0.05, 0.1) is 6.54 Å². The fourth-order valence-electron chi connectivity index (χ4n) is 1.93. The van der Waals surface area contributed by atoms with Gasteiger partial charge in [-0.25, -0.2) is 8.42 Å². The summed E-state index contributed by atoms with van der Waals surface area (Å²) in [6.07, 6.45) is -0.0445. The number of hydrogen-bond acceptors (Lipinski definition) is 4. The van der Waals surface area contributed by atoms with E-state index >= 15 is 0 Å². The van der Waals surface area contributed by atoms with Gasteiger partial charge in [-0.1, -0.05) is 18.2 Å². The van der Waals surface area contributed by atoms with E-state index in [9.17, 15) is 13.2 Å². The number of nitrogens with zero attached hydrogens (tertiary/aromatic N) is 1. The van der Waals surface area contributed by atoms with Crippen LogP contribution in [0.2, 0.25) is 0 Å². The number of carbonyl (C=O) groups excluding carboxylic acids is 1. The smallest absolute Gasteiger partial charge is 0.237 e. The lowest BCUT2D eigenvalue weighted by Gasteiger charge is -2.16. The van der Waals surface area contributed by atoms with Crippen molar-refractivity contribution in [2.24, 2.45) is 0 Å². The molecule has 1 fully saturated rings. The van der Waals surface area contributed by atoms with Gasteiger partial charge in [0.2, 0.25) is 15.0 Å². The number of halogens is 1. The molecule has 0 saturated carbocycles. The van der Waals surface area contributed by atoms with Crippen LogP contribution in [0.25, 0.3) is 0 Å². The van der Waals surface area contributed by atoms with E-state index in [1.807, 2.05) is 30.3 Å². The number of para-hydroxylation sites is 1. The Balaban J connectivity index is 1.83.